The molecule has 6 heteroatoms. The van der Waals surface area contributed by atoms with Crippen LogP contribution >= 0.6 is 0 Å². The van der Waals surface area contributed by atoms with Crippen molar-refractivity contribution >= 4 is 11.9 Å². The van der Waals surface area contributed by atoms with E-state index in [0.29, 0.717) is 12.4 Å². The van der Waals surface area contributed by atoms with Crippen LogP contribution in [0.15, 0.2) is 48.8 Å². The first-order valence-electron chi connectivity index (χ1n) is 7.64. The van der Waals surface area contributed by atoms with Gasteiger partial charge in [-0.05, 0) is 23.8 Å². The summed E-state index contributed by atoms with van der Waals surface area (Å²) in [5.41, 5.74) is 1.77. The highest BCUT2D eigenvalue weighted by atomic mass is 16.5. The van der Waals surface area contributed by atoms with Crippen molar-refractivity contribution in [3.8, 4) is 5.75 Å². The molecule has 1 unspecified atom stereocenters. The summed E-state index contributed by atoms with van der Waals surface area (Å²) in [4.78, 5) is 26.6. The SMILES string of the molecule is CC(CNC(=O)Cc1cccc(OCc2cccnc2)c1)C(=O)O. The van der Waals surface area contributed by atoms with Gasteiger partial charge in [-0.25, -0.2) is 0 Å². The molecule has 24 heavy (non-hydrogen) atoms. The predicted molar refractivity (Wildman–Crippen MR) is 88.5 cm³/mol. The number of carbonyl (C=O) groups is 2. The molecule has 1 heterocycles. The van der Waals surface area contributed by atoms with Crippen LogP contribution < -0.4 is 10.1 Å². The zero-order valence-corrected chi connectivity index (χ0v) is 13.4. The van der Waals surface area contributed by atoms with Gasteiger partial charge in [-0.2, -0.15) is 0 Å². The lowest BCUT2D eigenvalue weighted by Gasteiger charge is -2.10. The van der Waals surface area contributed by atoms with Crippen LogP contribution in [-0.2, 0) is 22.6 Å². The normalized spacial score (nSPS) is 11.5. The summed E-state index contributed by atoms with van der Waals surface area (Å²) in [5, 5.41) is 11.4. The van der Waals surface area contributed by atoms with Gasteiger partial charge in [-0.15, -0.1) is 0 Å². The Balaban J connectivity index is 1.85. The average molecular weight is 328 g/mol. The van der Waals surface area contributed by atoms with Gasteiger partial charge in [0.15, 0.2) is 0 Å². The fraction of sp³-hybridized carbons (Fsp3) is 0.278. The molecular formula is C18H20N2O4. The second-order valence-electron chi connectivity index (χ2n) is 5.52. The van der Waals surface area contributed by atoms with E-state index in [4.69, 9.17) is 9.84 Å². The van der Waals surface area contributed by atoms with Crippen molar-refractivity contribution in [1.82, 2.24) is 10.3 Å². The first-order chi connectivity index (χ1) is 11.5. The number of benzene rings is 1. The summed E-state index contributed by atoms with van der Waals surface area (Å²) in [5.74, 6) is -1.08. The van der Waals surface area contributed by atoms with Crippen molar-refractivity contribution in [3.05, 3.63) is 59.9 Å². The number of aromatic nitrogens is 1. The van der Waals surface area contributed by atoms with E-state index >= 15 is 0 Å². The Hall–Kier alpha value is -2.89. The summed E-state index contributed by atoms with van der Waals surface area (Å²) in [6.07, 6.45) is 3.62. The van der Waals surface area contributed by atoms with Gasteiger partial charge in [-0.3, -0.25) is 14.6 Å². The number of pyridine rings is 1. The van der Waals surface area contributed by atoms with Crippen LogP contribution in [0.2, 0.25) is 0 Å². The number of carboxylic acids is 1. The zero-order valence-electron chi connectivity index (χ0n) is 13.4. The highest BCUT2D eigenvalue weighted by molar-refractivity contribution is 5.79. The number of rotatable bonds is 8. The van der Waals surface area contributed by atoms with Crippen molar-refractivity contribution in [2.24, 2.45) is 5.92 Å². The summed E-state index contributed by atoms with van der Waals surface area (Å²) < 4.78 is 5.69. The highest BCUT2D eigenvalue weighted by Gasteiger charge is 2.12. The van der Waals surface area contributed by atoms with E-state index in [0.717, 1.165) is 11.1 Å². The number of hydrogen-bond acceptors (Lipinski definition) is 4. The summed E-state index contributed by atoms with van der Waals surface area (Å²) in [6, 6.07) is 11.0. The van der Waals surface area contributed by atoms with Crippen molar-refractivity contribution < 1.29 is 19.4 Å². The molecule has 0 spiro atoms. The first kappa shape index (κ1) is 17.5. The van der Waals surface area contributed by atoms with Gasteiger partial charge in [0, 0.05) is 24.5 Å². The monoisotopic (exact) mass is 328 g/mol. The lowest BCUT2D eigenvalue weighted by Crippen LogP contribution is -2.32. The van der Waals surface area contributed by atoms with Gasteiger partial charge in [0.25, 0.3) is 0 Å². The van der Waals surface area contributed by atoms with Gasteiger partial charge in [0.1, 0.15) is 12.4 Å². The molecule has 0 saturated heterocycles. The quantitative estimate of drug-likeness (QED) is 0.774. The largest absolute Gasteiger partial charge is 0.489 e. The number of hydrogen-bond donors (Lipinski definition) is 2. The zero-order chi connectivity index (χ0) is 17.4. The summed E-state index contributed by atoms with van der Waals surface area (Å²) in [6.45, 7) is 2.07. The predicted octanol–water partition coefficient (Wildman–Crippen LogP) is 2.04. The maximum Gasteiger partial charge on any atom is 0.308 e. The fourth-order valence-electron chi connectivity index (χ4n) is 2.00. The third-order valence-electron chi connectivity index (χ3n) is 3.42. The van der Waals surface area contributed by atoms with Crippen LogP contribution in [-0.4, -0.2) is 28.5 Å². The molecule has 126 valence electrons. The molecule has 2 rings (SSSR count). The average Bonchev–Trinajstić information content (AvgIpc) is 2.59. The molecule has 0 fully saturated rings. The van der Waals surface area contributed by atoms with Crippen LogP contribution in [0.3, 0.4) is 0 Å². The number of aliphatic carboxylic acids is 1. The van der Waals surface area contributed by atoms with Gasteiger partial charge >= 0.3 is 5.97 Å². The van der Waals surface area contributed by atoms with E-state index in [-0.39, 0.29) is 18.9 Å². The molecule has 0 aliphatic carbocycles. The van der Waals surface area contributed by atoms with Crippen molar-refractivity contribution in [2.45, 2.75) is 20.0 Å². The third kappa shape index (κ3) is 5.72. The minimum absolute atomic E-state index is 0.116. The Morgan fingerprint density at radius 3 is 2.75 bits per heavy atom. The number of nitrogens with one attached hydrogen (secondary N) is 1. The maximum atomic E-state index is 11.9. The molecular weight excluding hydrogens is 308 g/mol. The van der Waals surface area contributed by atoms with Crippen LogP contribution in [0.1, 0.15) is 18.1 Å². The molecule has 1 atom stereocenters. The van der Waals surface area contributed by atoms with Crippen LogP contribution in [0.25, 0.3) is 0 Å². The minimum Gasteiger partial charge on any atom is -0.489 e. The van der Waals surface area contributed by atoms with Crippen LogP contribution in [0.4, 0.5) is 0 Å². The molecule has 0 bridgehead atoms. The number of amides is 1. The second-order valence-corrected chi connectivity index (χ2v) is 5.52. The molecule has 2 aromatic rings. The molecule has 1 amide bonds. The van der Waals surface area contributed by atoms with Gasteiger partial charge in [0.05, 0.1) is 12.3 Å². The number of carbonyl (C=O) groups excluding carboxylic acids is 1. The van der Waals surface area contributed by atoms with Crippen molar-refractivity contribution in [2.75, 3.05) is 6.54 Å². The molecule has 1 aromatic carbocycles. The van der Waals surface area contributed by atoms with Crippen molar-refractivity contribution in [3.63, 3.8) is 0 Å². The van der Waals surface area contributed by atoms with Crippen LogP contribution in [0.5, 0.6) is 5.75 Å². The minimum atomic E-state index is -0.930. The summed E-state index contributed by atoms with van der Waals surface area (Å²) >= 11 is 0. The molecule has 1 aromatic heterocycles. The molecule has 0 saturated carbocycles. The Labute approximate surface area is 140 Å². The van der Waals surface area contributed by atoms with E-state index in [1.807, 2.05) is 30.3 Å². The molecule has 2 N–H and O–H groups in total. The fourth-order valence-corrected chi connectivity index (χ4v) is 2.00. The Morgan fingerprint density at radius 1 is 1.25 bits per heavy atom. The molecule has 0 aliphatic heterocycles. The lowest BCUT2D eigenvalue weighted by atomic mass is 10.1. The first-order valence-corrected chi connectivity index (χ1v) is 7.64. The maximum absolute atomic E-state index is 11.9. The van der Waals surface area contributed by atoms with E-state index in [9.17, 15) is 9.59 Å². The Kier molecular flexibility index (Phi) is 6.31. The smallest absolute Gasteiger partial charge is 0.308 e. The van der Waals surface area contributed by atoms with Crippen LogP contribution in [0, 0.1) is 5.92 Å². The Morgan fingerprint density at radius 2 is 2.04 bits per heavy atom. The standard InChI is InChI=1S/C18H20N2O4/c1-13(18(22)23)10-20-17(21)9-14-4-2-6-16(8-14)24-12-15-5-3-7-19-11-15/h2-8,11,13H,9-10,12H2,1H3,(H,20,21)(H,22,23). The van der Waals surface area contributed by atoms with E-state index in [1.54, 1.807) is 25.4 Å². The lowest BCUT2D eigenvalue weighted by molar-refractivity contribution is -0.141. The highest BCUT2D eigenvalue weighted by Crippen LogP contribution is 2.15. The Bertz CT molecular complexity index is 688. The number of carboxylic acid groups (broad SMARTS) is 1. The summed E-state index contributed by atoms with van der Waals surface area (Å²) in [7, 11) is 0. The van der Waals surface area contributed by atoms with E-state index in [2.05, 4.69) is 10.3 Å². The van der Waals surface area contributed by atoms with E-state index < -0.39 is 11.9 Å². The van der Waals surface area contributed by atoms with Crippen molar-refractivity contribution in [1.29, 1.82) is 0 Å². The van der Waals surface area contributed by atoms with Gasteiger partial charge in [-0.1, -0.05) is 25.1 Å². The van der Waals surface area contributed by atoms with Gasteiger partial charge in [0.2, 0.25) is 5.91 Å². The van der Waals surface area contributed by atoms with Gasteiger partial charge < -0.3 is 15.2 Å². The molecule has 6 nitrogen and oxygen atoms in total. The number of nitrogens with zero attached hydrogens (tertiary/aromatic N) is 1. The third-order valence-corrected chi connectivity index (χ3v) is 3.42. The molecule has 0 radical (unpaired) electrons. The number of ether oxygens (including phenoxy) is 1. The second kappa shape index (κ2) is 8.67. The topological polar surface area (TPSA) is 88.5 Å². The molecule has 0 aliphatic rings. The van der Waals surface area contributed by atoms with E-state index in [1.165, 1.54) is 0 Å².